The summed E-state index contributed by atoms with van der Waals surface area (Å²) in [4.78, 5) is 8.94. The summed E-state index contributed by atoms with van der Waals surface area (Å²) in [5.41, 5.74) is 2.11. The molecule has 23 heavy (non-hydrogen) atoms. The molecular formula is C17H26IN5. The third-order valence-corrected chi connectivity index (χ3v) is 4.26. The van der Waals surface area contributed by atoms with Crippen molar-refractivity contribution in [2.24, 2.45) is 4.99 Å². The zero-order chi connectivity index (χ0) is 15.2. The van der Waals surface area contributed by atoms with Gasteiger partial charge in [0.25, 0.3) is 0 Å². The molecule has 0 bridgehead atoms. The smallest absolute Gasteiger partial charge is 0.191 e. The van der Waals surface area contributed by atoms with Gasteiger partial charge in [0.2, 0.25) is 0 Å². The van der Waals surface area contributed by atoms with Gasteiger partial charge in [0.1, 0.15) is 5.65 Å². The molecule has 126 valence electrons. The summed E-state index contributed by atoms with van der Waals surface area (Å²) < 4.78 is 2.06. The SMILES string of the molecule is CN=C(NCCc1cn2ccccc2n1)NC1CCCCC1.I. The molecule has 1 aliphatic rings. The molecule has 2 heterocycles. The van der Waals surface area contributed by atoms with E-state index in [1.54, 1.807) is 0 Å². The summed E-state index contributed by atoms with van der Waals surface area (Å²) >= 11 is 0. The lowest BCUT2D eigenvalue weighted by atomic mass is 9.96. The van der Waals surface area contributed by atoms with Crippen molar-refractivity contribution in [2.75, 3.05) is 13.6 Å². The fourth-order valence-corrected chi connectivity index (χ4v) is 3.05. The van der Waals surface area contributed by atoms with E-state index < -0.39 is 0 Å². The molecule has 0 amide bonds. The molecule has 1 aliphatic carbocycles. The van der Waals surface area contributed by atoms with Crippen molar-refractivity contribution in [3.05, 3.63) is 36.3 Å². The number of nitrogens with zero attached hydrogens (tertiary/aromatic N) is 3. The molecule has 1 saturated carbocycles. The van der Waals surface area contributed by atoms with Gasteiger partial charge >= 0.3 is 0 Å². The van der Waals surface area contributed by atoms with Gasteiger partial charge in [0, 0.05) is 38.4 Å². The molecule has 2 N–H and O–H groups in total. The first-order valence-corrected chi connectivity index (χ1v) is 8.25. The zero-order valence-corrected chi connectivity index (χ0v) is 16.0. The fourth-order valence-electron chi connectivity index (χ4n) is 3.05. The quantitative estimate of drug-likeness (QED) is 0.448. The minimum atomic E-state index is 0. The molecule has 0 saturated heterocycles. The maximum absolute atomic E-state index is 4.61. The average Bonchev–Trinajstić information content (AvgIpc) is 2.97. The number of aliphatic imine (C=N–C) groups is 1. The highest BCUT2D eigenvalue weighted by atomic mass is 127. The number of rotatable bonds is 4. The van der Waals surface area contributed by atoms with Crippen LogP contribution in [-0.4, -0.2) is 35.0 Å². The lowest BCUT2D eigenvalue weighted by molar-refractivity contribution is 0.410. The number of guanidine groups is 1. The van der Waals surface area contributed by atoms with Crippen LogP contribution in [0.25, 0.3) is 5.65 Å². The molecule has 5 nitrogen and oxygen atoms in total. The predicted octanol–water partition coefficient (Wildman–Crippen LogP) is 2.99. The number of imidazole rings is 1. The molecule has 0 atom stereocenters. The Labute approximate surface area is 155 Å². The van der Waals surface area contributed by atoms with Gasteiger partial charge < -0.3 is 15.0 Å². The number of halogens is 1. The number of nitrogens with one attached hydrogen (secondary N) is 2. The topological polar surface area (TPSA) is 53.7 Å². The van der Waals surface area contributed by atoms with Gasteiger partial charge in [-0.2, -0.15) is 0 Å². The third-order valence-electron chi connectivity index (χ3n) is 4.26. The summed E-state index contributed by atoms with van der Waals surface area (Å²) in [5, 5.41) is 6.93. The largest absolute Gasteiger partial charge is 0.356 e. The van der Waals surface area contributed by atoms with Gasteiger partial charge in [0.05, 0.1) is 5.69 Å². The van der Waals surface area contributed by atoms with Gasteiger partial charge in [-0.3, -0.25) is 4.99 Å². The highest BCUT2D eigenvalue weighted by Gasteiger charge is 2.14. The molecule has 0 radical (unpaired) electrons. The maximum atomic E-state index is 4.61. The number of aromatic nitrogens is 2. The van der Waals surface area contributed by atoms with Gasteiger partial charge in [-0.1, -0.05) is 25.3 Å². The van der Waals surface area contributed by atoms with Crippen LogP contribution >= 0.6 is 24.0 Å². The first-order chi connectivity index (χ1) is 10.8. The van der Waals surface area contributed by atoms with E-state index in [1.165, 1.54) is 32.1 Å². The highest BCUT2D eigenvalue weighted by molar-refractivity contribution is 14.0. The van der Waals surface area contributed by atoms with Crippen LogP contribution < -0.4 is 10.6 Å². The van der Waals surface area contributed by atoms with Crippen LogP contribution in [0, 0.1) is 0 Å². The Balaban J connectivity index is 0.00000192. The fraction of sp³-hybridized carbons (Fsp3) is 0.529. The van der Waals surface area contributed by atoms with E-state index >= 15 is 0 Å². The Bertz CT molecular complexity index is 598. The second-order valence-electron chi connectivity index (χ2n) is 5.93. The van der Waals surface area contributed by atoms with Crippen molar-refractivity contribution in [1.29, 1.82) is 0 Å². The first-order valence-electron chi connectivity index (χ1n) is 8.25. The van der Waals surface area contributed by atoms with Crippen LogP contribution in [0.15, 0.2) is 35.6 Å². The van der Waals surface area contributed by atoms with Gasteiger partial charge in [-0.15, -0.1) is 24.0 Å². The second kappa shape index (κ2) is 9.10. The normalized spacial score (nSPS) is 16.1. The molecule has 3 rings (SSSR count). The Morgan fingerprint density at radius 1 is 1.30 bits per heavy atom. The van der Waals surface area contributed by atoms with Crippen LogP contribution in [0.2, 0.25) is 0 Å². The molecule has 2 aromatic heterocycles. The average molecular weight is 427 g/mol. The summed E-state index contributed by atoms with van der Waals surface area (Å²) in [5.74, 6) is 0.913. The number of hydrogen-bond acceptors (Lipinski definition) is 2. The number of hydrogen-bond donors (Lipinski definition) is 2. The monoisotopic (exact) mass is 427 g/mol. The minimum absolute atomic E-state index is 0. The molecular weight excluding hydrogens is 401 g/mol. The van der Waals surface area contributed by atoms with E-state index in [0.717, 1.165) is 30.3 Å². The van der Waals surface area contributed by atoms with Gasteiger partial charge in [-0.05, 0) is 25.0 Å². The molecule has 0 spiro atoms. The lowest BCUT2D eigenvalue weighted by Crippen LogP contribution is -2.44. The van der Waals surface area contributed by atoms with E-state index in [2.05, 4.69) is 31.2 Å². The zero-order valence-electron chi connectivity index (χ0n) is 13.7. The summed E-state index contributed by atoms with van der Waals surface area (Å²) in [6.45, 7) is 0.844. The van der Waals surface area contributed by atoms with E-state index in [-0.39, 0.29) is 24.0 Å². The Hall–Kier alpha value is -1.31. The molecule has 2 aromatic rings. The molecule has 0 aliphatic heterocycles. The lowest BCUT2D eigenvalue weighted by Gasteiger charge is -2.24. The Kier molecular flexibility index (Phi) is 7.14. The standard InChI is InChI=1S/C17H25N5.HI/c1-18-17(21-14-7-3-2-4-8-14)19-11-10-15-13-22-12-6-5-9-16(22)20-15;/h5-6,9,12-14H,2-4,7-8,10-11H2,1H3,(H2,18,19,21);1H. The number of pyridine rings is 1. The van der Waals surface area contributed by atoms with Crippen molar-refractivity contribution >= 4 is 35.6 Å². The summed E-state index contributed by atoms with van der Waals surface area (Å²) in [7, 11) is 1.84. The summed E-state index contributed by atoms with van der Waals surface area (Å²) in [6, 6.07) is 6.64. The highest BCUT2D eigenvalue weighted by Crippen LogP contribution is 2.17. The predicted molar refractivity (Wildman–Crippen MR) is 106 cm³/mol. The van der Waals surface area contributed by atoms with Crippen molar-refractivity contribution in [3.63, 3.8) is 0 Å². The van der Waals surface area contributed by atoms with Crippen molar-refractivity contribution in [2.45, 2.75) is 44.6 Å². The Morgan fingerprint density at radius 3 is 2.87 bits per heavy atom. The van der Waals surface area contributed by atoms with Gasteiger partial charge in [0.15, 0.2) is 5.96 Å². The van der Waals surface area contributed by atoms with Crippen molar-refractivity contribution in [1.82, 2.24) is 20.0 Å². The van der Waals surface area contributed by atoms with Crippen molar-refractivity contribution in [3.8, 4) is 0 Å². The van der Waals surface area contributed by atoms with E-state index in [0.29, 0.717) is 6.04 Å². The van der Waals surface area contributed by atoms with E-state index in [9.17, 15) is 0 Å². The second-order valence-corrected chi connectivity index (χ2v) is 5.93. The molecule has 0 aromatic carbocycles. The maximum Gasteiger partial charge on any atom is 0.191 e. The molecule has 0 unspecified atom stereocenters. The van der Waals surface area contributed by atoms with E-state index in [4.69, 9.17) is 0 Å². The van der Waals surface area contributed by atoms with Crippen LogP contribution in [-0.2, 0) is 6.42 Å². The third kappa shape index (κ3) is 5.09. The first kappa shape index (κ1) is 18.0. The number of fused-ring (bicyclic) bond motifs is 1. The van der Waals surface area contributed by atoms with Gasteiger partial charge in [-0.25, -0.2) is 4.98 Å². The van der Waals surface area contributed by atoms with Crippen molar-refractivity contribution < 1.29 is 0 Å². The minimum Gasteiger partial charge on any atom is -0.356 e. The molecule has 1 fully saturated rings. The molecule has 6 heteroatoms. The summed E-state index contributed by atoms with van der Waals surface area (Å²) in [6.07, 6.45) is 11.6. The van der Waals surface area contributed by atoms with Crippen LogP contribution in [0.1, 0.15) is 37.8 Å². The Morgan fingerprint density at radius 2 is 2.13 bits per heavy atom. The van der Waals surface area contributed by atoms with E-state index in [1.807, 2.05) is 31.4 Å². The van der Waals surface area contributed by atoms with Crippen LogP contribution in [0.4, 0.5) is 0 Å². The van der Waals surface area contributed by atoms with Crippen LogP contribution in [0.5, 0.6) is 0 Å². The van der Waals surface area contributed by atoms with Crippen LogP contribution in [0.3, 0.4) is 0 Å².